The second-order valence-electron chi connectivity index (χ2n) is 5.39. The Labute approximate surface area is 145 Å². The summed E-state index contributed by atoms with van der Waals surface area (Å²) < 4.78 is 54.1. The standard InChI is InChI=1S/C10H11ClFNO4S2.C4H10/c1-19(15,16)17-6-5-9(13-18-14)7-3-2-4-8(11)10(7)12;1-4(2)3/h2-4,9H,5-6H2,1H3;4H,1-3H3. The second kappa shape index (κ2) is 10.9. The Morgan fingerprint density at radius 3 is 2.39 bits per heavy atom. The van der Waals surface area contributed by atoms with Crippen molar-refractivity contribution in [2.24, 2.45) is 10.3 Å². The van der Waals surface area contributed by atoms with E-state index in [1.54, 1.807) is 0 Å². The van der Waals surface area contributed by atoms with E-state index < -0.39 is 22.0 Å². The lowest BCUT2D eigenvalue weighted by molar-refractivity contribution is 0.304. The highest BCUT2D eigenvalue weighted by atomic mass is 35.5. The first-order chi connectivity index (χ1) is 10.6. The minimum atomic E-state index is -3.58. The number of halogens is 2. The Morgan fingerprint density at radius 1 is 1.35 bits per heavy atom. The lowest BCUT2D eigenvalue weighted by Gasteiger charge is -2.12. The molecule has 0 bridgehead atoms. The monoisotopic (exact) mass is 385 g/mol. The number of hydrogen-bond acceptors (Lipinski definition) is 5. The summed E-state index contributed by atoms with van der Waals surface area (Å²) >= 11 is 5.57. The van der Waals surface area contributed by atoms with Gasteiger partial charge in [0.1, 0.15) is 5.82 Å². The summed E-state index contributed by atoms with van der Waals surface area (Å²) in [6.45, 7) is 6.31. The molecule has 0 heterocycles. The van der Waals surface area contributed by atoms with Gasteiger partial charge in [-0.2, -0.15) is 17.0 Å². The van der Waals surface area contributed by atoms with Gasteiger partial charge in [0, 0.05) is 5.56 Å². The van der Waals surface area contributed by atoms with Gasteiger partial charge in [0.25, 0.3) is 10.1 Å². The molecule has 1 unspecified atom stereocenters. The zero-order valence-electron chi connectivity index (χ0n) is 13.5. The SMILES string of the molecule is CC(C)C.CS(=O)(=O)OCCC(N=S=O)c1cccc(Cl)c1F. The topological polar surface area (TPSA) is 72.8 Å². The molecule has 9 heteroatoms. The number of benzene rings is 1. The van der Waals surface area contributed by atoms with Crippen molar-refractivity contribution in [3.8, 4) is 0 Å². The van der Waals surface area contributed by atoms with Gasteiger partial charge in [-0.1, -0.05) is 44.5 Å². The van der Waals surface area contributed by atoms with Gasteiger partial charge in [0.2, 0.25) is 0 Å². The van der Waals surface area contributed by atoms with Crippen molar-refractivity contribution in [3.05, 3.63) is 34.6 Å². The van der Waals surface area contributed by atoms with Crippen molar-refractivity contribution < 1.29 is 21.2 Å². The zero-order valence-corrected chi connectivity index (χ0v) is 15.8. The van der Waals surface area contributed by atoms with Crippen LogP contribution in [-0.4, -0.2) is 25.5 Å². The molecule has 23 heavy (non-hydrogen) atoms. The first-order valence-electron chi connectivity index (χ1n) is 6.86. The van der Waals surface area contributed by atoms with E-state index in [0.29, 0.717) is 0 Å². The van der Waals surface area contributed by atoms with Crippen LogP contribution in [0.15, 0.2) is 22.6 Å². The molecule has 0 fully saturated rings. The summed E-state index contributed by atoms with van der Waals surface area (Å²) in [4.78, 5) is 0. The molecule has 1 atom stereocenters. The molecular formula is C14H21ClFNO4S2. The normalized spacial score (nSPS) is 12.3. The highest BCUT2D eigenvalue weighted by Gasteiger charge is 2.17. The van der Waals surface area contributed by atoms with E-state index in [1.807, 2.05) is 0 Å². The maximum atomic E-state index is 13.8. The Kier molecular flexibility index (Phi) is 10.5. The Bertz CT molecular complexity index is 643. The molecule has 0 saturated heterocycles. The van der Waals surface area contributed by atoms with Gasteiger partial charge < -0.3 is 0 Å². The minimum absolute atomic E-state index is 0.0551. The Balaban J connectivity index is 0.00000108. The van der Waals surface area contributed by atoms with Gasteiger partial charge >= 0.3 is 0 Å². The maximum Gasteiger partial charge on any atom is 0.264 e. The van der Waals surface area contributed by atoms with Crippen LogP contribution < -0.4 is 0 Å². The predicted molar refractivity (Wildman–Crippen MR) is 90.6 cm³/mol. The van der Waals surface area contributed by atoms with Gasteiger partial charge in [-0.25, -0.2) is 4.39 Å². The molecule has 0 N–H and O–H groups in total. The fourth-order valence-corrected chi connectivity index (χ4v) is 2.31. The highest BCUT2D eigenvalue weighted by molar-refractivity contribution is 7.85. The minimum Gasteiger partial charge on any atom is -0.270 e. The van der Waals surface area contributed by atoms with E-state index >= 15 is 0 Å². The van der Waals surface area contributed by atoms with E-state index in [9.17, 15) is 17.0 Å². The molecule has 0 spiro atoms. The van der Waals surface area contributed by atoms with Crippen LogP contribution in [-0.2, 0) is 25.8 Å². The van der Waals surface area contributed by atoms with Crippen LogP contribution in [0.3, 0.4) is 0 Å². The fourth-order valence-electron chi connectivity index (χ4n) is 1.41. The van der Waals surface area contributed by atoms with E-state index in [0.717, 1.165) is 12.2 Å². The van der Waals surface area contributed by atoms with E-state index in [-0.39, 0.29) is 35.1 Å². The smallest absolute Gasteiger partial charge is 0.264 e. The zero-order chi connectivity index (χ0) is 18.0. The van der Waals surface area contributed by atoms with Crippen molar-refractivity contribution >= 4 is 33.2 Å². The summed E-state index contributed by atoms with van der Waals surface area (Å²) in [5.41, 5.74) is 0.132. The van der Waals surface area contributed by atoms with Gasteiger partial charge in [0.15, 0.2) is 11.5 Å². The largest absolute Gasteiger partial charge is 0.270 e. The van der Waals surface area contributed by atoms with E-state index in [4.69, 9.17) is 11.6 Å². The summed E-state index contributed by atoms with van der Waals surface area (Å²) in [5, 5.41) is -0.0855. The van der Waals surface area contributed by atoms with Crippen molar-refractivity contribution in [2.45, 2.75) is 33.2 Å². The van der Waals surface area contributed by atoms with Gasteiger partial charge in [-0.3, -0.25) is 4.18 Å². The van der Waals surface area contributed by atoms with Gasteiger partial charge in [-0.05, 0) is 18.4 Å². The van der Waals surface area contributed by atoms with Crippen LogP contribution in [0.25, 0.3) is 0 Å². The number of rotatable bonds is 6. The van der Waals surface area contributed by atoms with Crippen LogP contribution in [0.5, 0.6) is 0 Å². The third-order valence-electron chi connectivity index (χ3n) is 2.20. The third kappa shape index (κ3) is 10.5. The molecule has 1 aromatic carbocycles. The summed E-state index contributed by atoms with van der Waals surface area (Å²) in [6.07, 6.45) is 0.959. The maximum absolute atomic E-state index is 13.8. The molecule has 1 rings (SSSR count). The van der Waals surface area contributed by atoms with Crippen molar-refractivity contribution in [1.82, 2.24) is 0 Å². The Morgan fingerprint density at radius 2 is 1.91 bits per heavy atom. The molecular weight excluding hydrogens is 365 g/mol. The van der Waals surface area contributed by atoms with Crippen LogP contribution in [0, 0.1) is 11.7 Å². The molecule has 0 aromatic heterocycles. The van der Waals surface area contributed by atoms with Crippen LogP contribution in [0.2, 0.25) is 5.02 Å². The van der Waals surface area contributed by atoms with Crippen molar-refractivity contribution in [3.63, 3.8) is 0 Å². The van der Waals surface area contributed by atoms with Crippen LogP contribution in [0.4, 0.5) is 4.39 Å². The van der Waals surface area contributed by atoms with Crippen LogP contribution >= 0.6 is 11.6 Å². The second-order valence-corrected chi connectivity index (χ2v) is 7.80. The average Bonchev–Trinajstić information content (AvgIpc) is 2.39. The molecule has 0 amide bonds. The van der Waals surface area contributed by atoms with Crippen molar-refractivity contribution in [2.75, 3.05) is 12.9 Å². The molecule has 1 aromatic rings. The molecule has 5 nitrogen and oxygen atoms in total. The molecule has 0 aliphatic rings. The number of nitrogens with zero attached hydrogens (tertiary/aromatic N) is 1. The summed E-state index contributed by atoms with van der Waals surface area (Å²) in [6, 6.07) is 3.51. The summed E-state index contributed by atoms with van der Waals surface area (Å²) in [7, 11) is -3.58. The van der Waals surface area contributed by atoms with E-state index in [2.05, 4.69) is 29.3 Å². The predicted octanol–water partition coefficient (Wildman–Crippen LogP) is 3.95. The Hall–Kier alpha value is -0.830. The van der Waals surface area contributed by atoms with Gasteiger partial charge in [0.05, 0.1) is 23.9 Å². The summed E-state index contributed by atoms with van der Waals surface area (Å²) in [5.74, 6) is 0.159. The first-order valence-corrected chi connectivity index (χ1v) is 9.75. The highest BCUT2D eigenvalue weighted by Crippen LogP contribution is 2.28. The third-order valence-corrected chi connectivity index (χ3v) is 3.43. The molecule has 132 valence electrons. The molecule has 0 aliphatic heterocycles. The lowest BCUT2D eigenvalue weighted by atomic mass is 10.0. The molecule has 0 aliphatic carbocycles. The fraction of sp³-hybridized carbons (Fsp3) is 0.571. The first kappa shape index (κ1) is 22.2. The average molecular weight is 386 g/mol. The van der Waals surface area contributed by atoms with Gasteiger partial charge in [-0.15, -0.1) is 0 Å². The van der Waals surface area contributed by atoms with Crippen molar-refractivity contribution in [1.29, 1.82) is 0 Å². The molecule has 0 radical (unpaired) electrons. The van der Waals surface area contributed by atoms with E-state index in [1.165, 1.54) is 18.2 Å². The number of hydrogen-bond donors (Lipinski definition) is 0. The van der Waals surface area contributed by atoms with Crippen LogP contribution in [0.1, 0.15) is 38.8 Å². The molecule has 0 saturated carbocycles. The lowest BCUT2D eigenvalue weighted by Crippen LogP contribution is -2.08. The quantitative estimate of drug-likeness (QED) is 0.695.